The van der Waals surface area contributed by atoms with Gasteiger partial charge in [-0.25, -0.2) is 0 Å². The Kier molecular flexibility index (Phi) is 9.83. The van der Waals surface area contributed by atoms with E-state index < -0.39 is 11.8 Å². The van der Waals surface area contributed by atoms with E-state index in [4.69, 9.17) is 4.42 Å². The van der Waals surface area contributed by atoms with Crippen LogP contribution in [0.2, 0.25) is 0 Å². The molecular formula is C17H28N2O3. The molecule has 0 unspecified atom stereocenters. The predicted octanol–water partition coefficient (Wildman–Crippen LogP) is 3.15. The number of nitrogens with one attached hydrogen (secondary N) is 2. The van der Waals surface area contributed by atoms with E-state index >= 15 is 0 Å². The molecule has 1 aromatic rings. The van der Waals surface area contributed by atoms with Gasteiger partial charge in [-0.1, -0.05) is 51.9 Å². The van der Waals surface area contributed by atoms with Gasteiger partial charge in [0.1, 0.15) is 5.76 Å². The van der Waals surface area contributed by atoms with Crippen LogP contribution in [-0.2, 0) is 16.1 Å². The number of rotatable bonds is 11. The van der Waals surface area contributed by atoms with E-state index in [-0.39, 0.29) is 6.54 Å². The average molecular weight is 308 g/mol. The first-order valence-corrected chi connectivity index (χ1v) is 8.32. The maximum absolute atomic E-state index is 11.6. The van der Waals surface area contributed by atoms with Crippen LogP contribution in [0.15, 0.2) is 22.8 Å². The number of hydrogen-bond acceptors (Lipinski definition) is 3. The van der Waals surface area contributed by atoms with Crippen molar-refractivity contribution in [1.82, 2.24) is 10.6 Å². The summed E-state index contributed by atoms with van der Waals surface area (Å²) < 4.78 is 5.08. The van der Waals surface area contributed by atoms with Crippen LogP contribution in [0.1, 0.15) is 64.1 Å². The summed E-state index contributed by atoms with van der Waals surface area (Å²) in [5.41, 5.74) is 0. The fraction of sp³-hybridized carbons (Fsp3) is 0.647. The number of unbranched alkanes of at least 4 members (excludes halogenated alkanes) is 7. The fourth-order valence-electron chi connectivity index (χ4n) is 2.20. The smallest absolute Gasteiger partial charge is 0.309 e. The minimum Gasteiger partial charge on any atom is -0.467 e. The lowest BCUT2D eigenvalue weighted by atomic mass is 10.1. The van der Waals surface area contributed by atoms with Crippen LogP contribution in [0.4, 0.5) is 0 Å². The molecule has 22 heavy (non-hydrogen) atoms. The highest BCUT2D eigenvalue weighted by Gasteiger charge is 2.12. The van der Waals surface area contributed by atoms with Crippen molar-refractivity contribution in [1.29, 1.82) is 0 Å². The van der Waals surface area contributed by atoms with Crippen LogP contribution in [0.3, 0.4) is 0 Å². The van der Waals surface area contributed by atoms with Gasteiger partial charge in [-0.3, -0.25) is 9.59 Å². The van der Waals surface area contributed by atoms with Crippen LogP contribution >= 0.6 is 0 Å². The van der Waals surface area contributed by atoms with Crippen LogP contribution in [-0.4, -0.2) is 18.4 Å². The third-order valence-electron chi connectivity index (χ3n) is 3.53. The summed E-state index contributed by atoms with van der Waals surface area (Å²) in [7, 11) is 0. The summed E-state index contributed by atoms with van der Waals surface area (Å²) in [6.07, 6.45) is 11.2. The molecule has 0 atom stereocenters. The monoisotopic (exact) mass is 308 g/mol. The van der Waals surface area contributed by atoms with Crippen molar-refractivity contribution in [2.24, 2.45) is 0 Å². The highest BCUT2D eigenvalue weighted by atomic mass is 16.3. The molecule has 2 amide bonds. The van der Waals surface area contributed by atoms with Crippen molar-refractivity contribution in [3.05, 3.63) is 24.2 Å². The fourth-order valence-corrected chi connectivity index (χ4v) is 2.20. The Morgan fingerprint density at radius 1 is 0.955 bits per heavy atom. The van der Waals surface area contributed by atoms with Crippen molar-refractivity contribution in [2.45, 2.75) is 64.8 Å². The van der Waals surface area contributed by atoms with Gasteiger partial charge in [0.05, 0.1) is 12.8 Å². The molecule has 0 aliphatic rings. The molecule has 0 radical (unpaired) electrons. The Hall–Kier alpha value is -1.78. The number of amides is 2. The molecule has 0 aromatic carbocycles. The van der Waals surface area contributed by atoms with E-state index in [1.54, 1.807) is 12.1 Å². The van der Waals surface area contributed by atoms with Crippen molar-refractivity contribution in [3.8, 4) is 0 Å². The van der Waals surface area contributed by atoms with E-state index in [2.05, 4.69) is 17.6 Å². The molecule has 124 valence electrons. The second kappa shape index (κ2) is 11.8. The standard InChI is InChI=1S/C17H28N2O3/c1-2-3-4-5-6-7-8-9-12-18-16(20)17(21)19-14-15-11-10-13-22-15/h10-11,13H,2-9,12,14H2,1H3,(H,18,20)(H,19,21). The van der Waals surface area contributed by atoms with Crippen LogP contribution < -0.4 is 10.6 Å². The molecule has 0 fully saturated rings. The van der Waals surface area contributed by atoms with Crippen molar-refractivity contribution in [2.75, 3.05) is 6.54 Å². The third kappa shape index (κ3) is 8.49. The Morgan fingerprint density at radius 3 is 2.23 bits per heavy atom. The molecule has 5 heteroatoms. The highest BCUT2D eigenvalue weighted by Crippen LogP contribution is 2.07. The normalized spacial score (nSPS) is 10.4. The van der Waals surface area contributed by atoms with E-state index in [1.807, 2.05) is 0 Å². The van der Waals surface area contributed by atoms with Gasteiger partial charge in [-0.2, -0.15) is 0 Å². The summed E-state index contributed by atoms with van der Waals surface area (Å²) in [4.78, 5) is 23.1. The maximum Gasteiger partial charge on any atom is 0.309 e. The van der Waals surface area contributed by atoms with Crippen molar-refractivity contribution < 1.29 is 14.0 Å². The molecule has 0 saturated carbocycles. The first kappa shape index (κ1) is 18.3. The van der Waals surface area contributed by atoms with Gasteiger partial charge in [0.2, 0.25) is 0 Å². The summed E-state index contributed by atoms with van der Waals surface area (Å²) in [5, 5.41) is 5.16. The molecule has 1 aromatic heterocycles. The van der Waals surface area contributed by atoms with Gasteiger partial charge < -0.3 is 15.1 Å². The van der Waals surface area contributed by atoms with Gasteiger partial charge in [0.15, 0.2) is 0 Å². The first-order valence-electron chi connectivity index (χ1n) is 8.32. The molecule has 2 N–H and O–H groups in total. The zero-order valence-electron chi connectivity index (χ0n) is 13.5. The molecular weight excluding hydrogens is 280 g/mol. The highest BCUT2D eigenvalue weighted by molar-refractivity contribution is 6.35. The molecule has 1 rings (SSSR count). The van der Waals surface area contributed by atoms with Crippen molar-refractivity contribution in [3.63, 3.8) is 0 Å². The largest absolute Gasteiger partial charge is 0.467 e. The average Bonchev–Trinajstić information content (AvgIpc) is 3.04. The molecule has 5 nitrogen and oxygen atoms in total. The van der Waals surface area contributed by atoms with Gasteiger partial charge in [-0.05, 0) is 18.6 Å². The van der Waals surface area contributed by atoms with E-state index in [0.29, 0.717) is 12.3 Å². The van der Waals surface area contributed by atoms with Gasteiger partial charge in [0.25, 0.3) is 0 Å². The molecule has 0 aliphatic carbocycles. The summed E-state index contributed by atoms with van der Waals surface area (Å²) in [6, 6.07) is 3.49. The van der Waals surface area contributed by atoms with Gasteiger partial charge >= 0.3 is 11.8 Å². The molecule has 0 spiro atoms. The lowest BCUT2D eigenvalue weighted by Gasteiger charge is -2.05. The van der Waals surface area contributed by atoms with E-state index in [1.165, 1.54) is 44.8 Å². The lowest BCUT2D eigenvalue weighted by molar-refractivity contribution is -0.139. The van der Waals surface area contributed by atoms with E-state index in [9.17, 15) is 9.59 Å². The maximum atomic E-state index is 11.6. The Balaban J connectivity index is 1.95. The molecule has 0 bridgehead atoms. The van der Waals surface area contributed by atoms with Crippen LogP contribution in [0.25, 0.3) is 0 Å². The van der Waals surface area contributed by atoms with Gasteiger partial charge in [-0.15, -0.1) is 0 Å². The second-order valence-electron chi connectivity index (χ2n) is 5.49. The van der Waals surface area contributed by atoms with Crippen molar-refractivity contribution >= 4 is 11.8 Å². The van der Waals surface area contributed by atoms with Gasteiger partial charge in [0, 0.05) is 6.54 Å². The topological polar surface area (TPSA) is 71.3 Å². The third-order valence-corrected chi connectivity index (χ3v) is 3.53. The SMILES string of the molecule is CCCCCCCCCCNC(=O)C(=O)NCc1ccco1. The molecule has 0 aliphatic heterocycles. The Morgan fingerprint density at radius 2 is 1.59 bits per heavy atom. The summed E-state index contributed by atoms with van der Waals surface area (Å²) in [5.74, 6) is -0.560. The number of carbonyl (C=O) groups excluding carboxylic acids is 2. The Bertz CT molecular complexity index is 416. The summed E-state index contributed by atoms with van der Waals surface area (Å²) >= 11 is 0. The molecule has 1 heterocycles. The minimum atomic E-state index is -0.615. The second-order valence-corrected chi connectivity index (χ2v) is 5.49. The van der Waals surface area contributed by atoms with E-state index in [0.717, 1.165) is 12.8 Å². The zero-order valence-corrected chi connectivity index (χ0v) is 13.5. The summed E-state index contributed by atoms with van der Waals surface area (Å²) in [6.45, 7) is 3.01. The lowest BCUT2D eigenvalue weighted by Crippen LogP contribution is -2.39. The number of hydrogen-bond donors (Lipinski definition) is 2. The Labute approximate surface area is 132 Å². The van der Waals surface area contributed by atoms with Crippen LogP contribution in [0, 0.1) is 0 Å². The molecule has 0 saturated heterocycles. The van der Waals surface area contributed by atoms with Crippen LogP contribution in [0.5, 0.6) is 0 Å². The number of furan rings is 1. The minimum absolute atomic E-state index is 0.233. The predicted molar refractivity (Wildman–Crippen MR) is 86.2 cm³/mol. The number of carbonyl (C=O) groups is 2. The zero-order chi connectivity index (χ0) is 16.0. The first-order chi connectivity index (χ1) is 10.7. The quantitative estimate of drug-likeness (QED) is 0.487.